The maximum atomic E-state index is 11.9. The van der Waals surface area contributed by atoms with Gasteiger partial charge in [-0.15, -0.1) is 0 Å². The average molecular weight is 261 g/mol. The van der Waals surface area contributed by atoms with E-state index >= 15 is 0 Å². The van der Waals surface area contributed by atoms with Crippen molar-refractivity contribution in [1.29, 1.82) is 0 Å². The van der Waals surface area contributed by atoms with Gasteiger partial charge in [-0.1, -0.05) is 12.1 Å². The van der Waals surface area contributed by atoms with Crippen molar-refractivity contribution < 1.29 is 9.59 Å². The van der Waals surface area contributed by atoms with Crippen molar-refractivity contribution >= 4 is 11.8 Å². The van der Waals surface area contributed by atoms with Crippen LogP contribution in [0, 0.1) is 0 Å². The molecule has 1 aliphatic heterocycles. The highest BCUT2D eigenvalue weighted by molar-refractivity contribution is 5.96. The SMILES string of the molecule is NC(=O)CCC(N)c1ccc2c(c1)C(=O)NCCC2. The van der Waals surface area contributed by atoms with Crippen molar-refractivity contribution in [2.24, 2.45) is 11.5 Å². The van der Waals surface area contributed by atoms with E-state index in [1.54, 1.807) is 0 Å². The Bertz CT molecular complexity index is 499. The van der Waals surface area contributed by atoms with Crippen LogP contribution in [-0.4, -0.2) is 18.4 Å². The lowest BCUT2D eigenvalue weighted by molar-refractivity contribution is -0.118. The first-order valence-electron chi connectivity index (χ1n) is 6.53. The number of rotatable bonds is 4. The number of benzene rings is 1. The first kappa shape index (κ1) is 13.5. The lowest BCUT2D eigenvalue weighted by Crippen LogP contribution is -2.23. The maximum Gasteiger partial charge on any atom is 0.251 e. The molecule has 0 aromatic heterocycles. The zero-order chi connectivity index (χ0) is 13.8. The minimum atomic E-state index is -0.358. The zero-order valence-corrected chi connectivity index (χ0v) is 10.8. The monoisotopic (exact) mass is 261 g/mol. The van der Waals surface area contributed by atoms with E-state index in [1.807, 2.05) is 18.2 Å². The van der Waals surface area contributed by atoms with Gasteiger partial charge in [0.05, 0.1) is 0 Å². The molecular weight excluding hydrogens is 242 g/mol. The maximum absolute atomic E-state index is 11.9. The van der Waals surface area contributed by atoms with Crippen LogP contribution in [0.5, 0.6) is 0 Å². The summed E-state index contributed by atoms with van der Waals surface area (Å²) >= 11 is 0. The molecule has 5 nitrogen and oxygen atoms in total. The summed E-state index contributed by atoms with van der Waals surface area (Å²) in [6.07, 6.45) is 2.59. The lowest BCUT2D eigenvalue weighted by Gasteiger charge is -2.13. The number of primary amides is 1. The third kappa shape index (κ3) is 3.32. The van der Waals surface area contributed by atoms with E-state index in [0.717, 1.165) is 24.0 Å². The predicted octanol–water partition coefficient (Wildman–Crippen LogP) is 0.628. The molecule has 19 heavy (non-hydrogen) atoms. The standard InChI is InChI=1S/C14H19N3O2/c15-12(5-6-13(16)18)10-4-3-9-2-1-7-17-14(19)11(9)8-10/h3-4,8,12H,1-2,5-7,15H2,(H2,16,18)(H,17,19). The van der Waals surface area contributed by atoms with Gasteiger partial charge >= 0.3 is 0 Å². The van der Waals surface area contributed by atoms with Crippen LogP contribution in [0.1, 0.15) is 46.8 Å². The lowest BCUT2D eigenvalue weighted by atomic mass is 9.96. The number of fused-ring (bicyclic) bond motifs is 1. The molecule has 102 valence electrons. The summed E-state index contributed by atoms with van der Waals surface area (Å²) in [5.41, 5.74) is 13.8. The summed E-state index contributed by atoms with van der Waals surface area (Å²) in [7, 11) is 0. The van der Waals surface area contributed by atoms with E-state index < -0.39 is 0 Å². The summed E-state index contributed by atoms with van der Waals surface area (Å²) < 4.78 is 0. The Balaban J connectivity index is 2.19. The van der Waals surface area contributed by atoms with E-state index in [-0.39, 0.29) is 24.3 Å². The van der Waals surface area contributed by atoms with Gasteiger partial charge in [0.15, 0.2) is 0 Å². The van der Waals surface area contributed by atoms with E-state index in [1.165, 1.54) is 0 Å². The number of carbonyl (C=O) groups is 2. The van der Waals surface area contributed by atoms with Gasteiger partial charge in [-0.2, -0.15) is 0 Å². The van der Waals surface area contributed by atoms with Gasteiger partial charge in [0, 0.05) is 24.6 Å². The van der Waals surface area contributed by atoms with Gasteiger partial charge in [-0.25, -0.2) is 0 Å². The third-order valence-electron chi connectivity index (χ3n) is 3.42. The van der Waals surface area contributed by atoms with Gasteiger partial charge in [0.2, 0.25) is 5.91 Å². The normalized spacial score (nSPS) is 16.2. The van der Waals surface area contributed by atoms with Crippen molar-refractivity contribution in [3.63, 3.8) is 0 Å². The number of amides is 2. The van der Waals surface area contributed by atoms with E-state index in [0.29, 0.717) is 18.5 Å². The molecule has 2 amide bonds. The number of hydrogen-bond donors (Lipinski definition) is 3. The van der Waals surface area contributed by atoms with Gasteiger partial charge in [-0.3, -0.25) is 9.59 Å². The van der Waals surface area contributed by atoms with Crippen LogP contribution < -0.4 is 16.8 Å². The van der Waals surface area contributed by atoms with Crippen LogP contribution >= 0.6 is 0 Å². The molecule has 1 atom stereocenters. The smallest absolute Gasteiger partial charge is 0.251 e. The third-order valence-corrected chi connectivity index (χ3v) is 3.42. The largest absolute Gasteiger partial charge is 0.370 e. The Morgan fingerprint density at radius 3 is 2.95 bits per heavy atom. The van der Waals surface area contributed by atoms with Crippen LogP contribution in [-0.2, 0) is 11.2 Å². The summed E-state index contributed by atoms with van der Waals surface area (Å²) in [6.45, 7) is 0.705. The van der Waals surface area contributed by atoms with Crippen LogP contribution in [0.2, 0.25) is 0 Å². The molecular formula is C14H19N3O2. The van der Waals surface area contributed by atoms with E-state index in [9.17, 15) is 9.59 Å². The Morgan fingerprint density at radius 1 is 1.42 bits per heavy atom. The summed E-state index contributed by atoms with van der Waals surface area (Å²) in [5.74, 6) is -0.403. The highest BCUT2D eigenvalue weighted by Gasteiger charge is 2.17. The topological polar surface area (TPSA) is 98.2 Å². The molecule has 1 heterocycles. The van der Waals surface area contributed by atoms with Crippen LogP contribution in [0.15, 0.2) is 18.2 Å². The van der Waals surface area contributed by atoms with Gasteiger partial charge < -0.3 is 16.8 Å². The van der Waals surface area contributed by atoms with Crippen LogP contribution in [0.4, 0.5) is 0 Å². The second kappa shape index (κ2) is 5.84. The highest BCUT2D eigenvalue weighted by atomic mass is 16.2. The predicted molar refractivity (Wildman–Crippen MR) is 72.5 cm³/mol. The van der Waals surface area contributed by atoms with Crippen molar-refractivity contribution in [2.75, 3.05) is 6.54 Å². The van der Waals surface area contributed by atoms with Crippen molar-refractivity contribution in [1.82, 2.24) is 5.32 Å². The first-order valence-corrected chi connectivity index (χ1v) is 6.53. The molecule has 0 saturated carbocycles. The fourth-order valence-corrected chi connectivity index (χ4v) is 2.29. The Labute approximate surface area is 112 Å². The van der Waals surface area contributed by atoms with Gasteiger partial charge in [0.1, 0.15) is 0 Å². The Kier molecular flexibility index (Phi) is 4.16. The second-order valence-corrected chi connectivity index (χ2v) is 4.89. The minimum absolute atomic E-state index is 0.0450. The van der Waals surface area contributed by atoms with Crippen LogP contribution in [0.25, 0.3) is 0 Å². The number of nitrogens with one attached hydrogen (secondary N) is 1. The Morgan fingerprint density at radius 2 is 2.21 bits per heavy atom. The highest BCUT2D eigenvalue weighted by Crippen LogP contribution is 2.22. The number of aryl methyl sites for hydroxylation is 1. The van der Waals surface area contributed by atoms with Crippen molar-refractivity contribution in [2.45, 2.75) is 31.7 Å². The Hall–Kier alpha value is -1.88. The molecule has 0 bridgehead atoms. The fraction of sp³-hybridized carbons (Fsp3) is 0.429. The quantitative estimate of drug-likeness (QED) is 0.741. The molecule has 1 unspecified atom stereocenters. The number of hydrogen-bond acceptors (Lipinski definition) is 3. The average Bonchev–Trinajstić information content (AvgIpc) is 2.58. The van der Waals surface area contributed by atoms with E-state index in [4.69, 9.17) is 11.5 Å². The van der Waals surface area contributed by atoms with Crippen LogP contribution in [0.3, 0.4) is 0 Å². The van der Waals surface area contributed by atoms with E-state index in [2.05, 4.69) is 5.32 Å². The molecule has 0 saturated heterocycles. The van der Waals surface area contributed by atoms with Crippen molar-refractivity contribution in [3.05, 3.63) is 34.9 Å². The molecule has 1 aromatic rings. The molecule has 5 N–H and O–H groups in total. The molecule has 0 aliphatic carbocycles. The van der Waals surface area contributed by atoms with Gasteiger partial charge in [0.25, 0.3) is 5.91 Å². The van der Waals surface area contributed by atoms with Gasteiger partial charge in [-0.05, 0) is 36.5 Å². The summed E-state index contributed by atoms with van der Waals surface area (Å²) in [6, 6.07) is 5.46. The van der Waals surface area contributed by atoms with Crippen molar-refractivity contribution in [3.8, 4) is 0 Å². The molecule has 0 fully saturated rings. The molecule has 1 aliphatic rings. The molecule has 2 rings (SSSR count). The second-order valence-electron chi connectivity index (χ2n) is 4.89. The summed E-state index contributed by atoms with van der Waals surface area (Å²) in [4.78, 5) is 22.7. The first-order chi connectivity index (χ1) is 9.08. The minimum Gasteiger partial charge on any atom is -0.370 e. The summed E-state index contributed by atoms with van der Waals surface area (Å²) in [5, 5.41) is 2.86. The zero-order valence-electron chi connectivity index (χ0n) is 10.8. The molecule has 1 aromatic carbocycles. The number of carbonyl (C=O) groups excluding carboxylic acids is 2. The molecule has 0 spiro atoms. The number of nitrogens with two attached hydrogens (primary N) is 2. The molecule has 0 radical (unpaired) electrons. The molecule has 5 heteroatoms. The fourth-order valence-electron chi connectivity index (χ4n) is 2.29.